The molecule has 3 aliphatic rings. The van der Waals surface area contributed by atoms with Gasteiger partial charge in [-0.1, -0.05) is 31.2 Å². The molecule has 31 heavy (non-hydrogen) atoms. The van der Waals surface area contributed by atoms with E-state index in [4.69, 9.17) is 0 Å². The lowest BCUT2D eigenvalue weighted by molar-refractivity contribution is -0.130. The molecule has 0 aromatic heterocycles. The first kappa shape index (κ1) is 21.8. The zero-order valence-electron chi connectivity index (χ0n) is 18.3. The summed E-state index contributed by atoms with van der Waals surface area (Å²) in [6.45, 7) is 9.32. The molecular weight excluding hydrogens is 394 g/mol. The largest absolute Gasteiger partial charge is 0.352 e. The first-order valence-electron chi connectivity index (χ1n) is 11.4. The number of carbonyl (C=O) groups excluding carboxylic acids is 3. The number of benzene rings is 1. The SMILES string of the molecule is CCN1CCN(Cc2ccc(CNC(=O)C3CCC4(CC3)NC(=O)NC4=O)cc2)CC1. The van der Waals surface area contributed by atoms with Crippen LogP contribution in [-0.2, 0) is 22.7 Å². The number of rotatable bonds is 6. The first-order valence-corrected chi connectivity index (χ1v) is 11.4. The number of piperazine rings is 1. The van der Waals surface area contributed by atoms with E-state index in [1.54, 1.807) is 0 Å². The summed E-state index contributed by atoms with van der Waals surface area (Å²) >= 11 is 0. The van der Waals surface area contributed by atoms with Crippen molar-refractivity contribution in [1.29, 1.82) is 0 Å². The molecule has 0 bridgehead atoms. The molecule has 8 heteroatoms. The summed E-state index contributed by atoms with van der Waals surface area (Å²) < 4.78 is 0. The van der Waals surface area contributed by atoms with Gasteiger partial charge in [0.05, 0.1) is 0 Å². The van der Waals surface area contributed by atoms with E-state index in [1.807, 2.05) is 0 Å². The molecule has 1 aromatic rings. The van der Waals surface area contributed by atoms with Crippen molar-refractivity contribution in [1.82, 2.24) is 25.8 Å². The number of nitrogens with zero attached hydrogens (tertiary/aromatic N) is 2. The Hall–Kier alpha value is -2.45. The Balaban J connectivity index is 1.20. The number of nitrogens with one attached hydrogen (secondary N) is 3. The Morgan fingerprint density at radius 1 is 1.03 bits per heavy atom. The Labute approximate surface area is 183 Å². The summed E-state index contributed by atoms with van der Waals surface area (Å²) in [6, 6.07) is 8.05. The Kier molecular flexibility index (Phi) is 6.57. The van der Waals surface area contributed by atoms with Gasteiger partial charge in [0.1, 0.15) is 5.54 Å². The summed E-state index contributed by atoms with van der Waals surface area (Å²) in [7, 11) is 0. The second-order valence-electron chi connectivity index (χ2n) is 9.01. The summed E-state index contributed by atoms with van der Waals surface area (Å²) in [5, 5.41) is 8.08. The van der Waals surface area contributed by atoms with Crippen molar-refractivity contribution < 1.29 is 14.4 Å². The number of hydrogen-bond acceptors (Lipinski definition) is 5. The molecule has 3 N–H and O–H groups in total. The van der Waals surface area contributed by atoms with E-state index in [2.05, 4.69) is 56.9 Å². The van der Waals surface area contributed by atoms with Gasteiger partial charge in [0.15, 0.2) is 0 Å². The third-order valence-electron chi connectivity index (χ3n) is 7.03. The van der Waals surface area contributed by atoms with E-state index in [0.717, 1.165) is 44.8 Å². The maximum Gasteiger partial charge on any atom is 0.322 e. The second kappa shape index (κ2) is 9.36. The molecule has 2 saturated heterocycles. The number of amides is 4. The van der Waals surface area contributed by atoms with Gasteiger partial charge in [0.2, 0.25) is 5.91 Å². The number of urea groups is 1. The predicted molar refractivity (Wildman–Crippen MR) is 117 cm³/mol. The fraction of sp³-hybridized carbons (Fsp3) is 0.609. The van der Waals surface area contributed by atoms with Crippen molar-refractivity contribution in [2.24, 2.45) is 5.92 Å². The van der Waals surface area contributed by atoms with Crippen LogP contribution in [0.5, 0.6) is 0 Å². The smallest absolute Gasteiger partial charge is 0.322 e. The molecule has 1 spiro atoms. The van der Waals surface area contributed by atoms with Gasteiger partial charge < -0.3 is 15.5 Å². The fourth-order valence-corrected chi connectivity index (χ4v) is 4.87. The van der Waals surface area contributed by atoms with E-state index in [1.165, 1.54) is 5.56 Å². The van der Waals surface area contributed by atoms with Crippen LogP contribution >= 0.6 is 0 Å². The highest BCUT2D eigenvalue weighted by molar-refractivity contribution is 6.07. The molecule has 3 fully saturated rings. The lowest BCUT2D eigenvalue weighted by Crippen LogP contribution is -2.50. The maximum absolute atomic E-state index is 12.6. The average Bonchev–Trinajstić information content (AvgIpc) is 3.06. The Morgan fingerprint density at radius 2 is 1.65 bits per heavy atom. The Bertz CT molecular complexity index is 809. The monoisotopic (exact) mass is 427 g/mol. The second-order valence-corrected chi connectivity index (χ2v) is 9.01. The van der Waals surface area contributed by atoms with Gasteiger partial charge in [-0.05, 0) is 43.4 Å². The maximum atomic E-state index is 12.6. The van der Waals surface area contributed by atoms with Crippen molar-refractivity contribution >= 4 is 17.8 Å². The minimum Gasteiger partial charge on any atom is -0.352 e. The van der Waals surface area contributed by atoms with E-state index >= 15 is 0 Å². The topological polar surface area (TPSA) is 93.8 Å². The predicted octanol–water partition coefficient (Wildman–Crippen LogP) is 1.21. The van der Waals surface area contributed by atoms with Gasteiger partial charge in [0, 0.05) is 45.2 Å². The van der Waals surface area contributed by atoms with Gasteiger partial charge in [-0.15, -0.1) is 0 Å². The highest BCUT2D eigenvalue weighted by Gasteiger charge is 2.48. The van der Waals surface area contributed by atoms with E-state index in [9.17, 15) is 14.4 Å². The van der Waals surface area contributed by atoms with Crippen LogP contribution in [0.1, 0.15) is 43.7 Å². The molecular formula is C23H33N5O3. The summed E-state index contributed by atoms with van der Waals surface area (Å²) in [5.41, 5.74) is 1.57. The molecule has 0 unspecified atom stereocenters. The lowest BCUT2D eigenvalue weighted by Gasteiger charge is -2.34. The molecule has 0 radical (unpaired) electrons. The zero-order valence-corrected chi connectivity index (χ0v) is 18.3. The summed E-state index contributed by atoms with van der Waals surface area (Å²) in [6.07, 6.45) is 2.21. The van der Waals surface area contributed by atoms with Gasteiger partial charge in [0.25, 0.3) is 5.91 Å². The molecule has 4 rings (SSSR count). The quantitative estimate of drug-likeness (QED) is 0.594. The van der Waals surface area contributed by atoms with Crippen molar-refractivity contribution in [2.75, 3.05) is 32.7 Å². The normalized spacial score (nSPS) is 27.2. The summed E-state index contributed by atoms with van der Waals surface area (Å²) in [4.78, 5) is 41.0. The molecule has 4 amide bonds. The molecule has 8 nitrogen and oxygen atoms in total. The number of carbonyl (C=O) groups is 3. The van der Waals surface area contributed by atoms with Crippen LogP contribution in [0.2, 0.25) is 0 Å². The highest BCUT2D eigenvalue weighted by Crippen LogP contribution is 2.34. The third-order valence-corrected chi connectivity index (χ3v) is 7.03. The minimum absolute atomic E-state index is 0.0254. The van der Waals surface area contributed by atoms with Gasteiger partial charge >= 0.3 is 6.03 Å². The molecule has 2 heterocycles. The van der Waals surface area contributed by atoms with Gasteiger partial charge in [-0.2, -0.15) is 0 Å². The fourth-order valence-electron chi connectivity index (χ4n) is 4.87. The Morgan fingerprint density at radius 3 is 2.23 bits per heavy atom. The molecule has 2 aliphatic heterocycles. The zero-order chi connectivity index (χ0) is 21.8. The molecule has 168 valence electrons. The number of hydrogen-bond donors (Lipinski definition) is 3. The molecule has 1 aromatic carbocycles. The molecule has 1 saturated carbocycles. The van der Waals surface area contributed by atoms with Crippen LogP contribution in [0.4, 0.5) is 4.79 Å². The van der Waals surface area contributed by atoms with Crippen LogP contribution in [0.3, 0.4) is 0 Å². The van der Waals surface area contributed by atoms with Crippen LogP contribution in [-0.4, -0.2) is 65.9 Å². The van der Waals surface area contributed by atoms with Crippen molar-refractivity contribution in [3.63, 3.8) is 0 Å². The van der Waals surface area contributed by atoms with Crippen molar-refractivity contribution in [2.45, 2.75) is 51.2 Å². The average molecular weight is 428 g/mol. The van der Waals surface area contributed by atoms with E-state index in [-0.39, 0.29) is 17.7 Å². The van der Waals surface area contributed by atoms with Crippen molar-refractivity contribution in [3.8, 4) is 0 Å². The highest BCUT2D eigenvalue weighted by atomic mass is 16.2. The third kappa shape index (κ3) is 5.07. The van der Waals surface area contributed by atoms with E-state index < -0.39 is 11.6 Å². The van der Waals surface area contributed by atoms with E-state index in [0.29, 0.717) is 32.2 Å². The lowest BCUT2D eigenvalue weighted by atomic mass is 9.76. The van der Waals surface area contributed by atoms with Crippen molar-refractivity contribution in [3.05, 3.63) is 35.4 Å². The van der Waals surface area contributed by atoms with Crippen LogP contribution in [0.25, 0.3) is 0 Å². The first-order chi connectivity index (χ1) is 15.0. The molecule has 0 atom stereocenters. The minimum atomic E-state index is -0.813. The number of imide groups is 1. The molecule has 1 aliphatic carbocycles. The van der Waals surface area contributed by atoms with Gasteiger partial charge in [-0.25, -0.2) is 4.79 Å². The number of likely N-dealkylation sites (N-methyl/N-ethyl adjacent to an activating group) is 1. The standard InChI is InChI=1S/C23H33N5O3/c1-2-27-11-13-28(14-12-27)16-18-5-3-17(4-6-18)15-24-20(29)19-7-9-23(10-8-19)21(30)25-22(31)26-23/h3-6,19H,2,7-16H2,1H3,(H,24,29)(H2,25,26,30,31). The van der Waals surface area contributed by atoms with Crippen LogP contribution < -0.4 is 16.0 Å². The summed E-state index contributed by atoms with van der Waals surface area (Å²) in [5.74, 6) is -0.349. The van der Waals surface area contributed by atoms with Crippen LogP contribution in [0.15, 0.2) is 24.3 Å². The van der Waals surface area contributed by atoms with Gasteiger partial charge in [-0.3, -0.25) is 19.8 Å². The van der Waals surface area contributed by atoms with Crippen LogP contribution in [0, 0.1) is 5.92 Å².